The molecule has 12 aromatic rings. The van der Waals surface area contributed by atoms with Crippen molar-refractivity contribution in [3.8, 4) is 45.0 Å². The van der Waals surface area contributed by atoms with E-state index in [9.17, 15) is 62.4 Å². The molecule has 19 nitrogen and oxygen atoms in total. The maximum Gasteiger partial charge on any atom is 0.433 e. The van der Waals surface area contributed by atoms with Crippen molar-refractivity contribution in [2.75, 3.05) is 38.5 Å². The SMILES string of the molecule is CS(=O)(=O)Nc1ccc(C(=O)Nc2ccc(Cl)c(-c3ccccn3)c2)c(Cl)c1.Cc1ccc(-c2cc(NC(=O)c3ccc(C(F)(F)F)nc3C)ccc2Cl)nc1.Cc1ccc(-c2cc(NC(=O)c3ccc(S(C)(=O)=O)cc3)ccc2Cl)nc1.Cc1nc(C(F)(F)F)ccc1C(=O)Nc1ccc(Cl)c(-c2ccc(Cl)cn2)c1. The zero-order valence-electron chi connectivity index (χ0n) is 58.6. The van der Waals surface area contributed by atoms with E-state index in [-0.39, 0.29) is 49.6 Å². The Morgan fingerprint density at radius 1 is 0.369 bits per heavy atom. The van der Waals surface area contributed by atoms with Gasteiger partial charge in [-0.25, -0.2) is 26.8 Å². The van der Waals surface area contributed by atoms with E-state index < -0.39 is 61.3 Å². The molecule has 4 amide bonds. The Bertz CT molecular complexity index is 5540. The lowest BCUT2D eigenvalue weighted by atomic mass is 10.1. The maximum absolute atomic E-state index is 12.7. The number of halogens is 12. The smallest absolute Gasteiger partial charge is 0.322 e. The summed E-state index contributed by atoms with van der Waals surface area (Å²) in [6, 6.07) is 50.0. The Labute approximate surface area is 662 Å². The largest absolute Gasteiger partial charge is 0.433 e. The van der Waals surface area contributed by atoms with Gasteiger partial charge in [0.05, 0.1) is 92.1 Å². The van der Waals surface area contributed by atoms with Crippen LogP contribution in [0.25, 0.3) is 45.0 Å². The van der Waals surface area contributed by atoms with Gasteiger partial charge in [0.15, 0.2) is 9.84 Å². The standard InChI is InChI=1S/C20H15ClF3N3O.C20H17ClN2O3S.C19H12Cl2F3N3O.C19H15Cl2N3O3S/c1-11-3-7-17(25-10-11)15-9-13(4-6-16(15)21)27-19(28)14-5-8-18(20(22,23)24)26-12(14)2;1-13-3-10-19(22-12-13)17-11-15(6-9-18(17)21)23-20(24)14-4-7-16(8-5-14)27(2,25)26;1-10-13(4-7-17(26-10)19(22,23)24)18(28)27-12-3-5-15(21)14(8-12)16-6-2-11(20)9-25-16;1-28(26,27)24-13-5-7-14(17(21)11-13)19(25)23-12-6-8-16(20)15(10-12)18-4-2-3-9-22-18/h3-10H,1-2H3,(H,27,28);3-12H,1-2H3,(H,23,24);2-9H,1H3,(H,27,28);2-11,24H,1H3,(H,23,25). The van der Waals surface area contributed by atoms with Crippen molar-refractivity contribution in [3.05, 3.63) is 305 Å². The third-order valence-electron chi connectivity index (χ3n) is 15.5. The number of rotatable bonds is 15. The average molecular weight is 1670 g/mol. The molecule has 0 unspecified atom stereocenters. The summed E-state index contributed by atoms with van der Waals surface area (Å²) in [5.41, 5.74) is 7.90. The van der Waals surface area contributed by atoms with Gasteiger partial charge in [-0.2, -0.15) is 26.3 Å². The third-order valence-corrected chi connectivity index (χ3v) is 19.1. The van der Waals surface area contributed by atoms with Crippen molar-refractivity contribution in [3.63, 3.8) is 0 Å². The van der Waals surface area contributed by atoms with E-state index in [0.717, 1.165) is 47.9 Å². The first kappa shape index (κ1) is 84.1. The summed E-state index contributed by atoms with van der Waals surface area (Å²) < 4.78 is 124. The molecule has 0 fully saturated rings. The molecule has 111 heavy (non-hydrogen) atoms. The lowest BCUT2D eigenvalue weighted by Gasteiger charge is -2.12. The predicted octanol–water partition coefficient (Wildman–Crippen LogP) is 20.8. The summed E-state index contributed by atoms with van der Waals surface area (Å²) in [4.78, 5) is 74.2. The number of aryl methyl sites for hydroxylation is 4. The first-order valence-corrected chi connectivity index (χ1v) is 38.3. The van der Waals surface area contributed by atoms with Crippen LogP contribution in [0.5, 0.6) is 0 Å². The number of hydrogen-bond donors (Lipinski definition) is 5. The molecular formula is C78H59Cl6F6N11O8S2. The van der Waals surface area contributed by atoms with Gasteiger partial charge in [-0.05, 0) is 215 Å². The minimum Gasteiger partial charge on any atom is -0.322 e. The molecule has 0 saturated carbocycles. The topological polar surface area (TPSA) is 274 Å². The quantitative estimate of drug-likeness (QED) is 0.0597. The van der Waals surface area contributed by atoms with Gasteiger partial charge in [-0.1, -0.05) is 87.8 Å². The average Bonchev–Trinajstić information content (AvgIpc) is 0.825. The number of hydrogen-bond acceptors (Lipinski definition) is 14. The van der Waals surface area contributed by atoms with Gasteiger partial charge in [-0.15, -0.1) is 0 Å². The number of sulfonamides is 1. The molecule has 0 spiro atoms. The number of anilines is 5. The molecule has 5 N–H and O–H groups in total. The van der Waals surface area contributed by atoms with E-state index in [1.165, 1.54) is 62.5 Å². The lowest BCUT2D eigenvalue weighted by molar-refractivity contribution is -0.142. The van der Waals surface area contributed by atoms with E-state index in [1.54, 1.807) is 110 Å². The van der Waals surface area contributed by atoms with Gasteiger partial charge in [0.25, 0.3) is 23.6 Å². The second-order valence-corrected chi connectivity index (χ2v) is 30.4. The minimum absolute atomic E-state index is 0.0123. The van der Waals surface area contributed by atoms with Gasteiger partial charge in [0.2, 0.25) is 10.0 Å². The molecule has 33 heteroatoms. The summed E-state index contributed by atoms with van der Waals surface area (Å²) in [6.07, 6.45) is -0.410. The zero-order valence-corrected chi connectivity index (χ0v) is 64.8. The second-order valence-electron chi connectivity index (χ2n) is 24.1. The fourth-order valence-electron chi connectivity index (χ4n) is 10.1. The summed E-state index contributed by atoms with van der Waals surface area (Å²) in [5.74, 6) is -1.94. The number of alkyl halides is 6. The number of carbonyl (C=O) groups is 4. The number of nitrogens with zero attached hydrogens (tertiary/aromatic N) is 6. The van der Waals surface area contributed by atoms with Crippen LogP contribution in [-0.2, 0) is 32.2 Å². The van der Waals surface area contributed by atoms with Gasteiger partial charge in [0.1, 0.15) is 11.4 Å². The van der Waals surface area contributed by atoms with Crippen molar-refractivity contribution in [1.29, 1.82) is 0 Å². The van der Waals surface area contributed by atoms with Crippen LogP contribution in [-0.4, -0.2) is 82.9 Å². The number of aromatic nitrogens is 6. The second kappa shape index (κ2) is 36.3. The first-order valence-electron chi connectivity index (χ1n) is 32.3. The number of carbonyl (C=O) groups excluding carboxylic acids is 4. The van der Waals surface area contributed by atoms with Crippen LogP contribution in [0.4, 0.5) is 54.8 Å². The molecule has 6 aromatic heterocycles. The highest BCUT2D eigenvalue weighted by molar-refractivity contribution is 7.92. The highest BCUT2D eigenvalue weighted by Gasteiger charge is 2.34. The van der Waals surface area contributed by atoms with Crippen molar-refractivity contribution >= 4 is 142 Å². The summed E-state index contributed by atoms with van der Waals surface area (Å²) >= 11 is 36.9. The molecule has 0 radical (unpaired) electrons. The zero-order chi connectivity index (χ0) is 80.9. The molecule has 0 bridgehead atoms. The van der Waals surface area contributed by atoms with Crippen LogP contribution in [0.2, 0.25) is 30.1 Å². The number of benzene rings is 6. The molecule has 0 atom stereocenters. The Morgan fingerprint density at radius 3 is 1.07 bits per heavy atom. The van der Waals surface area contributed by atoms with Crippen LogP contribution >= 0.6 is 69.6 Å². The lowest BCUT2D eigenvalue weighted by Crippen LogP contribution is -2.16. The fourth-order valence-corrected chi connectivity index (χ4v) is 12.5. The number of sulfone groups is 1. The van der Waals surface area contributed by atoms with Crippen molar-refractivity contribution in [2.45, 2.75) is 44.9 Å². The van der Waals surface area contributed by atoms with Gasteiger partial charge >= 0.3 is 12.4 Å². The molecule has 570 valence electrons. The highest BCUT2D eigenvalue weighted by Crippen LogP contribution is 2.36. The highest BCUT2D eigenvalue weighted by atomic mass is 35.5. The normalized spacial score (nSPS) is 11.3. The third kappa shape index (κ3) is 23.6. The predicted molar refractivity (Wildman–Crippen MR) is 422 cm³/mol. The Balaban J connectivity index is 0.000000170. The molecule has 6 aromatic carbocycles. The Hall–Kier alpha value is -10.9. The molecular weight excluding hydrogens is 1610 g/mol. The van der Waals surface area contributed by atoms with E-state index in [4.69, 9.17) is 69.6 Å². The Kier molecular flexibility index (Phi) is 27.5. The minimum atomic E-state index is -4.57. The van der Waals surface area contributed by atoms with E-state index >= 15 is 0 Å². The Morgan fingerprint density at radius 2 is 0.739 bits per heavy atom. The molecule has 0 aliphatic rings. The van der Waals surface area contributed by atoms with Crippen LogP contribution < -0.4 is 26.0 Å². The van der Waals surface area contributed by atoms with E-state index in [2.05, 4.69) is 55.9 Å². The van der Waals surface area contributed by atoms with Crippen LogP contribution in [0.15, 0.2) is 224 Å². The van der Waals surface area contributed by atoms with Gasteiger partial charge in [-0.3, -0.25) is 43.8 Å². The van der Waals surface area contributed by atoms with Gasteiger partial charge in [0, 0.05) is 87.3 Å². The van der Waals surface area contributed by atoms with Crippen LogP contribution in [0, 0.1) is 27.7 Å². The van der Waals surface area contributed by atoms with Crippen LogP contribution in [0.3, 0.4) is 0 Å². The maximum atomic E-state index is 12.7. The first-order chi connectivity index (χ1) is 52.3. The van der Waals surface area contributed by atoms with Gasteiger partial charge < -0.3 is 21.3 Å². The summed E-state index contributed by atoms with van der Waals surface area (Å²) in [7, 11) is -6.74. The number of amides is 4. The summed E-state index contributed by atoms with van der Waals surface area (Å²) in [6.45, 7) is 6.56. The molecule has 12 rings (SSSR count). The van der Waals surface area contributed by atoms with Crippen LogP contribution in [0.1, 0.15) is 75.3 Å². The summed E-state index contributed by atoms with van der Waals surface area (Å²) in [5, 5.41) is 13.3. The van der Waals surface area contributed by atoms with Crippen molar-refractivity contribution in [2.24, 2.45) is 0 Å². The molecule has 0 saturated heterocycles. The molecule has 6 heterocycles. The fraction of sp³-hybridized carbons (Fsp3) is 0.103. The number of pyridine rings is 6. The van der Waals surface area contributed by atoms with E-state index in [0.29, 0.717) is 98.5 Å². The molecule has 0 aliphatic carbocycles. The number of nitrogens with one attached hydrogen (secondary N) is 5. The molecule has 0 aliphatic heterocycles. The monoisotopic (exact) mass is 1670 g/mol. The van der Waals surface area contributed by atoms with Crippen molar-refractivity contribution < 1.29 is 62.4 Å². The van der Waals surface area contributed by atoms with E-state index in [1.807, 2.05) is 50.2 Å². The van der Waals surface area contributed by atoms with Crippen molar-refractivity contribution in [1.82, 2.24) is 29.9 Å².